The molecule has 0 aromatic heterocycles. The summed E-state index contributed by atoms with van der Waals surface area (Å²) in [5.41, 5.74) is 0. The number of allylic oxidation sites excluding steroid dienone is 1. The summed E-state index contributed by atoms with van der Waals surface area (Å²) in [5.74, 6) is 0.0633. The Morgan fingerprint density at radius 1 is 0.848 bits per heavy atom. The first-order valence-electron chi connectivity index (χ1n) is 19.3. The van der Waals surface area contributed by atoms with Crippen LogP contribution in [0.1, 0.15) is 176 Å². The average Bonchev–Trinajstić information content (AvgIpc) is 3.03. The van der Waals surface area contributed by atoms with Crippen LogP contribution in [-0.4, -0.2) is 61.4 Å². The Morgan fingerprint density at radius 2 is 1.41 bits per heavy atom. The third-order valence-electron chi connectivity index (χ3n) is 8.76. The number of nitrogens with one attached hydrogen (secondary N) is 1. The molecule has 0 bridgehead atoms. The van der Waals surface area contributed by atoms with Crippen LogP contribution in [0.25, 0.3) is 0 Å². The molecule has 8 heteroatoms. The molecule has 0 aliphatic carbocycles. The maximum atomic E-state index is 13.2. The summed E-state index contributed by atoms with van der Waals surface area (Å²) in [6.45, 7) is 14.2. The average molecular weight is 671 g/mol. The van der Waals surface area contributed by atoms with Crippen molar-refractivity contribution in [3.8, 4) is 0 Å². The number of unbranched alkanes of at least 4 members (excludes halogenated alkanes) is 15. The monoisotopic (exact) mass is 671 g/mol. The van der Waals surface area contributed by atoms with Crippen molar-refractivity contribution in [2.45, 2.75) is 207 Å². The van der Waals surface area contributed by atoms with Gasteiger partial charge in [-0.15, -0.1) is 0 Å². The Kier molecular flexibility index (Phi) is 27.7. The van der Waals surface area contributed by atoms with E-state index in [1.807, 2.05) is 0 Å². The van der Waals surface area contributed by atoms with Crippen molar-refractivity contribution in [3.05, 3.63) is 12.2 Å². The van der Waals surface area contributed by atoms with Gasteiger partial charge in [0.25, 0.3) is 8.53 Å². The van der Waals surface area contributed by atoms with Crippen LogP contribution in [0.2, 0.25) is 0 Å². The summed E-state index contributed by atoms with van der Waals surface area (Å²) >= 11 is 0. The number of rotatable bonds is 30. The molecule has 1 fully saturated rings. The largest absolute Gasteiger partial charge is 0.353 e. The van der Waals surface area contributed by atoms with E-state index in [2.05, 4.69) is 63.7 Å². The Bertz CT molecular complexity index is 724. The molecule has 272 valence electrons. The first-order valence-corrected chi connectivity index (χ1v) is 20.4. The van der Waals surface area contributed by atoms with E-state index in [0.29, 0.717) is 13.0 Å². The van der Waals surface area contributed by atoms with E-state index >= 15 is 0 Å². The number of carbonyl (C=O) groups excluding carboxylic acids is 1. The number of hydrogen-bond donors (Lipinski definition) is 1. The molecular weight excluding hydrogens is 595 g/mol. The quantitative estimate of drug-likeness (QED) is 0.0466. The number of amides is 1. The third kappa shape index (κ3) is 21.4. The van der Waals surface area contributed by atoms with Gasteiger partial charge in [-0.05, 0) is 66.2 Å². The number of ether oxygens (including phenoxy) is 2. The number of hydrogen-bond acceptors (Lipinski definition) is 6. The highest BCUT2D eigenvalue weighted by atomic mass is 31.2. The predicted molar refractivity (Wildman–Crippen MR) is 196 cm³/mol. The van der Waals surface area contributed by atoms with Gasteiger partial charge in [-0.1, -0.05) is 116 Å². The van der Waals surface area contributed by atoms with E-state index in [1.165, 1.54) is 89.9 Å². The molecular formula is C38H75N2O5P. The van der Waals surface area contributed by atoms with Gasteiger partial charge in [0.1, 0.15) is 6.10 Å². The minimum atomic E-state index is -1.28. The van der Waals surface area contributed by atoms with E-state index < -0.39 is 8.53 Å². The number of carbonyl (C=O) groups is 1. The van der Waals surface area contributed by atoms with E-state index in [-0.39, 0.29) is 36.4 Å². The zero-order valence-electron chi connectivity index (χ0n) is 31.2. The molecule has 1 aliphatic rings. The second kappa shape index (κ2) is 29.4. The van der Waals surface area contributed by atoms with Gasteiger partial charge in [0.2, 0.25) is 5.91 Å². The lowest BCUT2D eigenvalue weighted by Gasteiger charge is -2.36. The maximum Gasteiger partial charge on any atom is 0.258 e. The topological polar surface area (TPSA) is 69.3 Å². The minimum absolute atomic E-state index is 0.0633. The Morgan fingerprint density at radius 3 is 1.93 bits per heavy atom. The fraction of sp³-hybridized carbons (Fsp3) is 0.921. The molecule has 4 atom stereocenters. The Hall–Kier alpha value is -0.560. The van der Waals surface area contributed by atoms with E-state index in [4.69, 9.17) is 18.5 Å². The lowest BCUT2D eigenvalue weighted by Crippen LogP contribution is -2.48. The van der Waals surface area contributed by atoms with Crippen LogP contribution >= 0.6 is 8.53 Å². The zero-order chi connectivity index (χ0) is 33.8. The molecule has 7 nitrogen and oxygen atoms in total. The van der Waals surface area contributed by atoms with Crippen molar-refractivity contribution in [1.29, 1.82) is 0 Å². The standard InChI is InChI=1S/C38H75N2O5P/c1-8-10-12-14-15-16-17-18-19-20-21-23-24-28-36(45-38-30-26-27-31-43-38)35(39-37(41)29-25-22-13-11-9-2)32-44-46(42-7)40(33(3)4)34(5)6/h24,28,33-36,38H,8-23,25-27,29-32H2,1-7H3,(H,39,41)/b28-24+/t35-,36+,38?,46?/m0/s1. The first-order chi connectivity index (χ1) is 22.3. The summed E-state index contributed by atoms with van der Waals surface area (Å²) < 4.78 is 27.2. The van der Waals surface area contributed by atoms with Crippen LogP contribution in [0.3, 0.4) is 0 Å². The van der Waals surface area contributed by atoms with Crippen molar-refractivity contribution >= 4 is 14.4 Å². The van der Waals surface area contributed by atoms with Gasteiger partial charge in [0.05, 0.1) is 12.6 Å². The van der Waals surface area contributed by atoms with Crippen molar-refractivity contribution < 1.29 is 23.3 Å². The van der Waals surface area contributed by atoms with Crippen LogP contribution in [-0.2, 0) is 23.3 Å². The molecule has 0 spiro atoms. The van der Waals surface area contributed by atoms with Crippen molar-refractivity contribution in [2.75, 3.05) is 20.3 Å². The summed E-state index contributed by atoms with van der Waals surface area (Å²) in [6, 6.07) is 0.217. The molecule has 1 aliphatic heterocycles. The summed E-state index contributed by atoms with van der Waals surface area (Å²) in [5, 5.41) is 3.31. The van der Waals surface area contributed by atoms with E-state index in [9.17, 15) is 4.79 Å². The van der Waals surface area contributed by atoms with Gasteiger partial charge in [-0.3, -0.25) is 4.79 Å². The van der Waals surface area contributed by atoms with E-state index in [1.54, 1.807) is 7.11 Å². The summed E-state index contributed by atoms with van der Waals surface area (Å²) in [7, 11) is 0.432. The van der Waals surface area contributed by atoms with Crippen LogP contribution in [0.5, 0.6) is 0 Å². The second-order valence-corrected chi connectivity index (χ2v) is 15.3. The highest BCUT2D eigenvalue weighted by Gasteiger charge is 2.31. The smallest absolute Gasteiger partial charge is 0.258 e. The molecule has 1 amide bonds. The van der Waals surface area contributed by atoms with E-state index in [0.717, 1.165) is 45.1 Å². The van der Waals surface area contributed by atoms with Gasteiger partial charge in [0, 0.05) is 32.2 Å². The SMILES string of the molecule is CCCCCCCCCCCCC/C=C/[C@@H](OC1CCCCO1)[C@H](COP(OC)N(C(C)C)C(C)C)NC(=O)CCCCCCC. The molecule has 2 unspecified atom stereocenters. The second-order valence-electron chi connectivity index (χ2n) is 13.8. The fourth-order valence-corrected chi connectivity index (χ4v) is 7.61. The summed E-state index contributed by atoms with van der Waals surface area (Å²) in [6.07, 6.45) is 28.8. The molecule has 0 aromatic carbocycles. The molecule has 0 radical (unpaired) electrons. The minimum Gasteiger partial charge on any atom is -0.353 e. The van der Waals surface area contributed by atoms with Gasteiger partial charge < -0.3 is 23.8 Å². The van der Waals surface area contributed by atoms with Gasteiger partial charge >= 0.3 is 0 Å². The molecule has 1 N–H and O–H groups in total. The summed E-state index contributed by atoms with van der Waals surface area (Å²) in [4.78, 5) is 13.2. The van der Waals surface area contributed by atoms with Crippen molar-refractivity contribution in [2.24, 2.45) is 0 Å². The normalized spacial score (nSPS) is 17.7. The molecule has 0 saturated carbocycles. The fourth-order valence-electron chi connectivity index (χ4n) is 6.14. The molecule has 1 saturated heterocycles. The highest BCUT2D eigenvalue weighted by Crippen LogP contribution is 2.45. The lowest BCUT2D eigenvalue weighted by molar-refractivity contribution is -0.185. The van der Waals surface area contributed by atoms with Crippen LogP contribution in [0.15, 0.2) is 12.2 Å². The van der Waals surface area contributed by atoms with Gasteiger partial charge in [0.15, 0.2) is 6.29 Å². The lowest BCUT2D eigenvalue weighted by atomic mass is 10.0. The molecule has 1 rings (SSSR count). The Balaban J connectivity index is 2.85. The van der Waals surface area contributed by atoms with Crippen LogP contribution in [0.4, 0.5) is 0 Å². The van der Waals surface area contributed by atoms with Crippen molar-refractivity contribution in [3.63, 3.8) is 0 Å². The highest BCUT2D eigenvalue weighted by molar-refractivity contribution is 7.44. The van der Waals surface area contributed by atoms with Gasteiger partial charge in [-0.25, -0.2) is 4.67 Å². The van der Waals surface area contributed by atoms with Crippen LogP contribution in [0, 0.1) is 0 Å². The molecule has 46 heavy (non-hydrogen) atoms. The molecule has 0 aromatic rings. The third-order valence-corrected chi connectivity index (χ3v) is 10.7. The number of nitrogens with zero attached hydrogens (tertiary/aromatic N) is 1. The van der Waals surface area contributed by atoms with Gasteiger partial charge in [-0.2, -0.15) is 0 Å². The van der Waals surface area contributed by atoms with Crippen LogP contribution < -0.4 is 5.32 Å². The Labute approximate surface area is 286 Å². The molecule has 1 heterocycles. The zero-order valence-corrected chi connectivity index (χ0v) is 32.1. The first kappa shape index (κ1) is 43.5. The predicted octanol–water partition coefficient (Wildman–Crippen LogP) is 11.0. The maximum absolute atomic E-state index is 13.2. The van der Waals surface area contributed by atoms with Crippen molar-refractivity contribution in [1.82, 2.24) is 9.99 Å².